The van der Waals surface area contributed by atoms with E-state index in [0.717, 1.165) is 0 Å². The second-order valence-corrected chi connectivity index (χ2v) is 3.39. The summed E-state index contributed by atoms with van der Waals surface area (Å²) in [4.78, 5) is 0. The SMILES string of the molecule is CS[C@@H]1C=COC(CO)[C@H]1O. The van der Waals surface area contributed by atoms with E-state index in [1.54, 1.807) is 17.8 Å². The fourth-order valence-corrected chi connectivity index (χ4v) is 1.67. The largest absolute Gasteiger partial charge is 0.493 e. The zero-order chi connectivity index (χ0) is 8.27. The summed E-state index contributed by atoms with van der Waals surface area (Å²) < 4.78 is 4.98. The molecule has 3 atom stereocenters. The molecule has 0 aromatic carbocycles. The van der Waals surface area contributed by atoms with Crippen molar-refractivity contribution in [3.8, 4) is 0 Å². The lowest BCUT2D eigenvalue weighted by atomic mass is 10.1. The van der Waals surface area contributed by atoms with Gasteiger partial charge >= 0.3 is 0 Å². The maximum absolute atomic E-state index is 9.47. The molecule has 3 nitrogen and oxygen atoms in total. The number of hydrogen-bond acceptors (Lipinski definition) is 4. The summed E-state index contributed by atoms with van der Waals surface area (Å²) in [7, 11) is 0. The summed E-state index contributed by atoms with van der Waals surface area (Å²) in [6.07, 6.45) is 4.19. The number of thioether (sulfide) groups is 1. The van der Waals surface area contributed by atoms with E-state index in [1.807, 2.05) is 6.26 Å². The van der Waals surface area contributed by atoms with E-state index >= 15 is 0 Å². The van der Waals surface area contributed by atoms with Crippen molar-refractivity contribution in [1.29, 1.82) is 0 Å². The van der Waals surface area contributed by atoms with Crippen LogP contribution in [-0.2, 0) is 4.74 Å². The van der Waals surface area contributed by atoms with Crippen LogP contribution >= 0.6 is 11.8 Å². The molecule has 1 aliphatic heterocycles. The zero-order valence-corrected chi connectivity index (χ0v) is 7.12. The third-order valence-electron chi connectivity index (χ3n) is 1.69. The van der Waals surface area contributed by atoms with Crippen molar-refractivity contribution in [2.75, 3.05) is 12.9 Å². The Hall–Kier alpha value is -0.190. The second-order valence-electron chi connectivity index (χ2n) is 2.38. The Bertz CT molecular complexity index is 149. The molecule has 1 unspecified atom stereocenters. The van der Waals surface area contributed by atoms with E-state index in [1.165, 1.54) is 6.26 Å². The fourth-order valence-electron chi connectivity index (χ4n) is 0.999. The molecule has 4 heteroatoms. The molecule has 0 amide bonds. The van der Waals surface area contributed by atoms with Gasteiger partial charge in [0, 0.05) is 0 Å². The normalized spacial score (nSPS) is 36.8. The molecule has 0 aromatic heterocycles. The summed E-state index contributed by atoms with van der Waals surface area (Å²) in [5.74, 6) is 0. The molecule has 11 heavy (non-hydrogen) atoms. The molecule has 0 spiro atoms. The Morgan fingerprint density at radius 1 is 1.64 bits per heavy atom. The first kappa shape index (κ1) is 8.90. The van der Waals surface area contributed by atoms with Gasteiger partial charge in [0.05, 0.1) is 18.1 Å². The predicted octanol–water partition coefficient (Wildman–Crippen LogP) is -0.0163. The molecule has 0 aliphatic carbocycles. The molecule has 1 aliphatic rings. The highest BCUT2D eigenvalue weighted by Gasteiger charge is 2.28. The summed E-state index contributed by atoms with van der Waals surface area (Å²) in [6.45, 7) is -0.136. The van der Waals surface area contributed by atoms with Crippen molar-refractivity contribution in [1.82, 2.24) is 0 Å². The molecule has 0 saturated heterocycles. The van der Waals surface area contributed by atoms with Gasteiger partial charge in [-0.3, -0.25) is 0 Å². The topological polar surface area (TPSA) is 49.7 Å². The third kappa shape index (κ3) is 1.89. The van der Waals surface area contributed by atoms with Crippen LogP contribution in [0.1, 0.15) is 0 Å². The number of hydrogen-bond donors (Lipinski definition) is 2. The number of rotatable bonds is 2. The van der Waals surface area contributed by atoms with Crippen LogP contribution < -0.4 is 0 Å². The monoisotopic (exact) mass is 176 g/mol. The lowest BCUT2D eigenvalue weighted by Gasteiger charge is -2.28. The van der Waals surface area contributed by atoms with E-state index in [9.17, 15) is 5.11 Å². The molecule has 0 saturated carbocycles. The Morgan fingerprint density at radius 3 is 2.91 bits per heavy atom. The van der Waals surface area contributed by atoms with Crippen molar-refractivity contribution >= 4 is 11.8 Å². The smallest absolute Gasteiger partial charge is 0.148 e. The lowest BCUT2D eigenvalue weighted by Crippen LogP contribution is -2.40. The van der Waals surface area contributed by atoms with Gasteiger partial charge in [-0.25, -0.2) is 0 Å². The van der Waals surface area contributed by atoms with Gasteiger partial charge in [0.1, 0.15) is 12.2 Å². The molecular weight excluding hydrogens is 164 g/mol. The van der Waals surface area contributed by atoms with Gasteiger partial charge in [0.15, 0.2) is 0 Å². The Balaban J connectivity index is 2.57. The van der Waals surface area contributed by atoms with E-state index in [-0.39, 0.29) is 11.9 Å². The third-order valence-corrected chi connectivity index (χ3v) is 2.67. The highest BCUT2D eigenvalue weighted by Crippen LogP contribution is 2.21. The Kier molecular flexibility index (Phi) is 3.23. The van der Waals surface area contributed by atoms with Crippen LogP contribution in [0.4, 0.5) is 0 Å². The average molecular weight is 176 g/mol. The van der Waals surface area contributed by atoms with E-state index in [2.05, 4.69) is 0 Å². The van der Waals surface area contributed by atoms with Crippen molar-refractivity contribution in [3.05, 3.63) is 12.3 Å². The van der Waals surface area contributed by atoms with Crippen LogP contribution in [0.15, 0.2) is 12.3 Å². The van der Waals surface area contributed by atoms with Crippen LogP contribution in [0.5, 0.6) is 0 Å². The Labute approximate surface area is 70.1 Å². The highest BCUT2D eigenvalue weighted by atomic mass is 32.2. The van der Waals surface area contributed by atoms with Gasteiger partial charge in [-0.2, -0.15) is 11.8 Å². The molecule has 0 bridgehead atoms. The summed E-state index contributed by atoms with van der Waals surface area (Å²) >= 11 is 1.55. The number of aliphatic hydroxyl groups is 2. The van der Waals surface area contributed by atoms with Crippen molar-refractivity contribution in [2.45, 2.75) is 17.5 Å². The maximum atomic E-state index is 9.47. The molecule has 0 aromatic rings. The fraction of sp³-hybridized carbons (Fsp3) is 0.714. The summed E-state index contributed by atoms with van der Waals surface area (Å²) in [5.41, 5.74) is 0. The van der Waals surface area contributed by atoms with E-state index in [4.69, 9.17) is 9.84 Å². The van der Waals surface area contributed by atoms with Gasteiger partial charge < -0.3 is 14.9 Å². The van der Waals surface area contributed by atoms with Crippen LogP contribution in [-0.4, -0.2) is 40.5 Å². The lowest BCUT2D eigenvalue weighted by molar-refractivity contribution is -0.0284. The first-order valence-corrected chi connectivity index (χ1v) is 4.72. The summed E-state index contributed by atoms with van der Waals surface area (Å²) in [5, 5.41) is 18.3. The molecule has 0 fully saturated rings. The molecule has 1 heterocycles. The number of ether oxygens (including phenoxy) is 1. The van der Waals surface area contributed by atoms with E-state index < -0.39 is 12.2 Å². The average Bonchev–Trinajstić information content (AvgIpc) is 2.05. The first-order chi connectivity index (χ1) is 5.29. The standard InChI is InChI=1S/C7H12O3S/c1-11-6-2-3-10-5(4-8)7(6)9/h2-3,5-9H,4H2,1H3/t5?,6-,7-/m1/s1. The first-order valence-electron chi connectivity index (χ1n) is 3.43. The summed E-state index contributed by atoms with van der Waals surface area (Å²) in [6, 6.07) is 0. The molecular formula is C7H12O3S. The van der Waals surface area contributed by atoms with Crippen LogP contribution in [0.25, 0.3) is 0 Å². The van der Waals surface area contributed by atoms with Crippen molar-refractivity contribution < 1.29 is 14.9 Å². The van der Waals surface area contributed by atoms with Crippen molar-refractivity contribution in [3.63, 3.8) is 0 Å². The zero-order valence-electron chi connectivity index (χ0n) is 6.30. The number of aliphatic hydroxyl groups excluding tert-OH is 2. The molecule has 2 N–H and O–H groups in total. The minimum atomic E-state index is -0.597. The minimum Gasteiger partial charge on any atom is -0.493 e. The van der Waals surface area contributed by atoms with Crippen molar-refractivity contribution in [2.24, 2.45) is 0 Å². The van der Waals surface area contributed by atoms with Gasteiger partial charge in [-0.1, -0.05) is 0 Å². The Morgan fingerprint density at radius 2 is 2.36 bits per heavy atom. The van der Waals surface area contributed by atoms with Crippen LogP contribution in [0.3, 0.4) is 0 Å². The maximum Gasteiger partial charge on any atom is 0.148 e. The van der Waals surface area contributed by atoms with Crippen LogP contribution in [0.2, 0.25) is 0 Å². The van der Waals surface area contributed by atoms with Gasteiger partial charge in [-0.05, 0) is 12.3 Å². The molecule has 1 rings (SSSR count). The second kappa shape index (κ2) is 3.99. The van der Waals surface area contributed by atoms with Crippen LogP contribution in [0, 0.1) is 0 Å². The predicted molar refractivity (Wildman–Crippen MR) is 44.4 cm³/mol. The van der Waals surface area contributed by atoms with Gasteiger partial charge in [0.25, 0.3) is 0 Å². The quantitative estimate of drug-likeness (QED) is 0.621. The molecule has 0 radical (unpaired) electrons. The van der Waals surface area contributed by atoms with Gasteiger partial charge in [-0.15, -0.1) is 0 Å². The van der Waals surface area contributed by atoms with Gasteiger partial charge in [0.2, 0.25) is 0 Å². The highest BCUT2D eigenvalue weighted by molar-refractivity contribution is 7.99. The minimum absolute atomic E-state index is 0.0425. The molecule has 64 valence electrons. The van der Waals surface area contributed by atoms with E-state index in [0.29, 0.717) is 0 Å².